The van der Waals surface area contributed by atoms with Gasteiger partial charge in [-0.3, -0.25) is 4.90 Å². The van der Waals surface area contributed by atoms with Crippen molar-refractivity contribution >= 4 is 23.2 Å². The molecule has 2 aromatic rings. The van der Waals surface area contributed by atoms with Crippen molar-refractivity contribution in [2.45, 2.75) is 19.0 Å². The number of likely N-dealkylation sites (N-methyl/N-ethyl adjacent to an activating group) is 1. The van der Waals surface area contributed by atoms with E-state index < -0.39 is 0 Å². The van der Waals surface area contributed by atoms with Gasteiger partial charge >= 0.3 is 0 Å². The molecule has 0 aliphatic carbocycles. The molecule has 0 aromatic heterocycles. The summed E-state index contributed by atoms with van der Waals surface area (Å²) in [6.07, 6.45) is 0. The molecule has 2 rings (SSSR count). The van der Waals surface area contributed by atoms with Gasteiger partial charge in [-0.2, -0.15) is 0 Å². The third-order valence-electron chi connectivity index (χ3n) is 3.92. The summed E-state index contributed by atoms with van der Waals surface area (Å²) in [6, 6.07) is 16.0. The van der Waals surface area contributed by atoms with Crippen molar-refractivity contribution in [2.24, 2.45) is 5.73 Å². The molecule has 0 spiro atoms. The van der Waals surface area contributed by atoms with Crippen molar-refractivity contribution < 1.29 is 0 Å². The molecule has 0 fully saturated rings. The molecule has 4 heteroatoms. The highest BCUT2D eigenvalue weighted by molar-refractivity contribution is 6.31. The number of nitrogens with two attached hydrogens (primary N) is 1. The van der Waals surface area contributed by atoms with Crippen LogP contribution < -0.4 is 5.73 Å². The van der Waals surface area contributed by atoms with E-state index in [-0.39, 0.29) is 12.1 Å². The fraction of sp³-hybridized carbons (Fsp3) is 0.294. The van der Waals surface area contributed by atoms with Gasteiger partial charge in [0.05, 0.1) is 0 Å². The fourth-order valence-corrected chi connectivity index (χ4v) is 2.99. The standard InChI is InChI=1S/C17H20Cl2N2/c1-12(13-6-5-7-14(18)10-13)21(2)17(11-20)15-8-3-4-9-16(15)19/h3-10,12,17H,11,20H2,1-2H3. The molecule has 0 saturated heterocycles. The van der Waals surface area contributed by atoms with Crippen LogP contribution in [-0.4, -0.2) is 18.5 Å². The van der Waals surface area contributed by atoms with Gasteiger partial charge in [-0.25, -0.2) is 0 Å². The lowest BCUT2D eigenvalue weighted by Gasteiger charge is -2.33. The number of benzene rings is 2. The predicted octanol–water partition coefficient (Wildman–Crippen LogP) is 4.69. The van der Waals surface area contributed by atoms with E-state index >= 15 is 0 Å². The van der Waals surface area contributed by atoms with E-state index in [2.05, 4.69) is 24.9 Å². The molecule has 2 N–H and O–H groups in total. The van der Waals surface area contributed by atoms with E-state index in [1.165, 1.54) is 0 Å². The third kappa shape index (κ3) is 3.78. The Bertz CT molecular complexity index is 601. The number of halogens is 2. The Morgan fingerprint density at radius 2 is 1.81 bits per heavy atom. The van der Waals surface area contributed by atoms with Crippen LogP contribution in [0.5, 0.6) is 0 Å². The summed E-state index contributed by atoms with van der Waals surface area (Å²) >= 11 is 12.4. The minimum absolute atomic E-state index is 0.0627. The van der Waals surface area contributed by atoms with Gasteiger partial charge in [0, 0.05) is 28.7 Å². The minimum Gasteiger partial charge on any atom is -0.329 e. The summed E-state index contributed by atoms with van der Waals surface area (Å²) in [6.45, 7) is 2.65. The molecule has 0 radical (unpaired) electrons. The Morgan fingerprint density at radius 3 is 2.43 bits per heavy atom. The second-order valence-corrected chi connectivity index (χ2v) is 6.01. The molecular formula is C17H20Cl2N2. The number of nitrogens with zero attached hydrogens (tertiary/aromatic N) is 1. The smallest absolute Gasteiger partial charge is 0.0488 e. The lowest BCUT2D eigenvalue weighted by molar-refractivity contribution is 0.190. The maximum Gasteiger partial charge on any atom is 0.0488 e. The Kier molecular flexibility index (Phi) is 5.65. The van der Waals surface area contributed by atoms with Crippen LogP contribution in [0.2, 0.25) is 10.0 Å². The average molecular weight is 323 g/mol. The Hall–Kier alpha value is -1.06. The van der Waals surface area contributed by atoms with Crippen LogP contribution in [0.3, 0.4) is 0 Å². The summed E-state index contributed by atoms with van der Waals surface area (Å²) in [7, 11) is 2.06. The second-order valence-electron chi connectivity index (χ2n) is 5.17. The van der Waals surface area contributed by atoms with Crippen molar-refractivity contribution in [1.82, 2.24) is 4.90 Å². The zero-order valence-corrected chi connectivity index (χ0v) is 13.8. The van der Waals surface area contributed by atoms with Crippen molar-refractivity contribution in [2.75, 3.05) is 13.6 Å². The summed E-state index contributed by atoms with van der Waals surface area (Å²) in [5.74, 6) is 0. The van der Waals surface area contributed by atoms with Gasteiger partial charge in [0.15, 0.2) is 0 Å². The minimum atomic E-state index is 0.0627. The first-order valence-electron chi connectivity index (χ1n) is 6.96. The highest BCUT2D eigenvalue weighted by atomic mass is 35.5. The number of hydrogen-bond acceptors (Lipinski definition) is 2. The summed E-state index contributed by atoms with van der Waals surface area (Å²) in [5.41, 5.74) is 8.21. The van der Waals surface area contributed by atoms with Crippen LogP contribution in [0.1, 0.15) is 30.1 Å². The predicted molar refractivity (Wildman–Crippen MR) is 90.9 cm³/mol. The molecule has 0 aliphatic heterocycles. The van der Waals surface area contributed by atoms with E-state index in [1.54, 1.807) is 0 Å². The highest BCUT2D eigenvalue weighted by Gasteiger charge is 2.23. The average Bonchev–Trinajstić information content (AvgIpc) is 2.49. The first-order chi connectivity index (χ1) is 10.0. The molecule has 0 bridgehead atoms. The monoisotopic (exact) mass is 322 g/mol. The van der Waals surface area contributed by atoms with Crippen molar-refractivity contribution in [1.29, 1.82) is 0 Å². The van der Waals surface area contributed by atoms with Crippen molar-refractivity contribution in [3.63, 3.8) is 0 Å². The van der Waals surface area contributed by atoms with E-state index in [9.17, 15) is 0 Å². The van der Waals surface area contributed by atoms with Crippen LogP contribution in [0, 0.1) is 0 Å². The van der Waals surface area contributed by atoms with Gasteiger partial charge in [0.2, 0.25) is 0 Å². The first kappa shape index (κ1) is 16.3. The van der Waals surface area contributed by atoms with Gasteiger partial charge in [0.25, 0.3) is 0 Å². The Labute approximate surface area is 136 Å². The summed E-state index contributed by atoms with van der Waals surface area (Å²) in [5, 5.41) is 1.49. The zero-order valence-electron chi connectivity index (χ0n) is 12.3. The number of rotatable bonds is 5. The van der Waals surface area contributed by atoms with Crippen molar-refractivity contribution in [3.8, 4) is 0 Å². The van der Waals surface area contributed by atoms with Crippen LogP contribution in [0.15, 0.2) is 48.5 Å². The topological polar surface area (TPSA) is 29.3 Å². The van der Waals surface area contributed by atoms with E-state index in [1.807, 2.05) is 42.5 Å². The Balaban J connectivity index is 2.28. The molecular weight excluding hydrogens is 303 g/mol. The largest absolute Gasteiger partial charge is 0.329 e. The van der Waals surface area contributed by atoms with Crippen LogP contribution >= 0.6 is 23.2 Å². The molecule has 2 aromatic carbocycles. The maximum atomic E-state index is 6.31. The lowest BCUT2D eigenvalue weighted by Crippen LogP contribution is -2.32. The molecule has 112 valence electrons. The van der Waals surface area contributed by atoms with Gasteiger partial charge in [-0.05, 0) is 43.3 Å². The molecule has 2 unspecified atom stereocenters. The highest BCUT2D eigenvalue weighted by Crippen LogP contribution is 2.32. The van der Waals surface area contributed by atoms with Gasteiger partial charge in [-0.15, -0.1) is 0 Å². The van der Waals surface area contributed by atoms with Crippen LogP contribution in [0.4, 0.5) is 0 Å². The zero-order chi connectivity index (χ0) is 15.4. The molecule has 0 aliphatic rings. The normalized spacial score (nSPS) is 14.2. The van der Waals surface area contributed by atoms with Gasteiger partial charge < -0.3 is 5.73 Å². The van der Waals surface area contributed by atoms with E-state index in [0.717, 1.165) is 21.2 Å². The maximum absolute atomic E-state index is 6.31. The van der Waals surface area contributed by atoms with Crippen LogP contribution in [-0.2, 0) is 0 Å². The Morgan fingerprint density at radius 1 is 1.10 bits per heavy atom. The third-order valence-corrected chi connectivity index (χ3v) is 4.50. The first-order valence-corrected chi connectivity index (χ1v) is 7.72. The van der Waals surface area contributed by atoms with Crippen LogP contribution in [0.25, 0.3) is 0 Å². The molecule has 0 heterocycles. The fourth-order valence-electron chi connectivity index (χ4n) is 2.53. The van der Waals surface area contributed by atoms with E-state index in [4.69, 9.17) is 28.9 Å². The molecule has 0 amide bonds. The lowest BCUT2D eigenvalue weighted by atomic mass is 10.0. The van der Waals surface area contributed by atoms with Gasteiger partial charge in [0.1, 0.15) is 0 Å². The molecule has 2 atom stereocenters. The van der Waals surface area contributed by atoms with E-state index in [0.29, 0.717) is 6.54 Å². The quantitative estimate of drug-likeness (QED) is 0.865. The summed E-state index contributed by atoms with van der Waals surface area (Å²) < 4.78 is 0. The SMILES string of the molecule is CC(c1cccc(Cl)c1)N(C)C(CN)c1ccccc1Cl. The van der Waals surface area contributed by atoms with Gasteiger partial charge in [-0.1, -0.05) is 53.5 Å². The molecule has 0 saturated carbocycles. The number of hydrogen-bond donors (Lipinski definition) is 1. The van der Waals surface area contributed by atoms with Crippen molar-refractivity contribution in [3.05, 3.63) is 69.7 Å². The second kappa shape index (κ2) is 7.28. The molecule has 21 heavy (non-hydrogen) atoms. The molecule has 2 nitrogen and oxygen atoms in total. The summed E-state index contributed by atoms with van der Waals surface area (Å²) in [4.78, 5) is 2.23.